The van der Waals surface area contributed by atoms with Gasteiger partial charge in [0.05, 0.1) is 11.8 Å². The lowest BCUT2D eigenvalue weighted by Crippen LogP contribution is -2.25. The maximum absolute atomic E-state index is 5.69. The van der Waals surface area contributed by atoms with E-state index in [-0.39, 0.29) is 0 Å². The van der Waals surface area contributed by atoms with E-state index in [1.807, 2.05) is 18.2 Å². The molecule has 1 aromatic rings. The summed E-state index contributed by atoms with van der Waals surface area (Å²) >= 11 is 3.37. The monoisotopic (exact) mass is 298 g/mol. The number of hydrogen-bond acceptors (Lipinski definition) is 3. The first-order valence-corrected chi connectivity index (χ1v) is 7.07. The van der Waals surface area contributed by atoms with Gasteiger partial charge in [-0.2, -0.15) is 0 Å². The van der Waals surface area contributed by atoms with Crippen LogP contribution < -0.4 is 5.32 Å². The zero-order valence-corrected chi connectivity index (χ0v) is 11.6. The van der Waals surface area contributed by atoms with Gasteiger partial charge >= 0.3 is 0 Å². The largest absolute Gasteiger partial charge is 0.378 e. The van der Waals surface area contributed by atoms with Gasteiger partial charge in [-0.05, 0) is 60.3 Å². The minimum Gasteiger partial charge on any atom is -0.378 e. The molecule has 1 aliphatic rings. The molecule has 1 atom stereocenters. The van der Waals surface area contributed by atoms with Crippen molar-refractivity contribution >= 4 is 15.9 Å². The van der Waals surface area contributed by atoms with Gasteiger partial charge in [0, 0.05) is 13.2 Å². The third kappa shape index (κ3) is 4.74. The summed E-state index contributed by atoms with van der Waals surface area (Å²) in [5.74, 6) is 0. The van der Waals surface area contributed by atoms with Crippen LogP contribution in [0, 0.1) is 0 Å². The molecule has 0 amide bonds. The van der Waals surface area contributed by atoms with Gasteiger partial charge in [0.1, 0.15) is 4.60 Å². The quantitative estimate of drug-likeness (QED) is 0.670. The Morgan fingerprint density at radius 2 is 2.35 bits per heavy atom. The molecule has 1 fully saturated rings. The molecule has 4 heteroatoms. The molecule has 0 aromatic carbocycles. The number of rotatable bonds is 5. The van der Waals surface area contributed by atoms with Crippen LogP contribution in [0.25, 0.3) is 0 Å². The number of nitrogens with zero attached hydrogens (tertiary/aromatic N) is 1. The van der Waals surface area contributed by atoms with Gasteiger partial charge in [0.25, 0.3) is 0 Å². The van der Waals surface area contributed by atoms with E-state index >= 15 is 0 Å². The molecule has 0 bridgehead atoms. The average molecular weight is 299 g/mol. The molecule has 2 heterocycles. The molecule has 0 saturated carbocycles. The van der Waals surface area contributed by atoms with Crippen molar-refractivity contribution in [2.45, 2.75) is 38.3 Å². The van der Waals surface area contributed by atoms with Crippen molar-refractivity contribution in [3.63, 3.8) is 0 Å². The van der Waals surface area contributed by atoms with Gasteiger partial charge in [-0.1, -0.05) is 6.07 Å². The highest BCUT2D eigenvalue weighted by Gasteiger charge is 2.12. The van der Waals surface area contributed by atoms with Gasteiger partial charge in [0.15, 0.2) is 0 Å². The van der Waals surface area contributed by atoms with E-state index in [9.17, 15) is 0 Å². The maximum atomic E-state index is 5.69. The molecular weight excluding hydrogens is 280 g/mol. The number of hydrogen-bond donors (Lipinski definition) is 1. The molecule has 1 N–H and O–H groups in total. The standard InChI is InChI=1S/C13H19BrN2O/c14-13-6-3-4-11(16-13)10-15-8-7-12-5-1-2-9-17-12/h3-4,6,12,15H,1-2,5,7-10H2. The Kier molecular flexibility index (Phi) is 5.42. The summed E-state index contributed by atoms with van der Waals surface area (Å²) in [6.07, 6.45) is 5.33. The minimum absolute atomic E-state index is 0.465. The lowest BCUT2D eigenvalue weighted by atomic mass is 10.1. The summed E-state index contributed by atoms with van der Waals surface area (Å²) in [5, 5.41) is 3.41. The molecule has 1 aliphatic heterocycles. The SMILES string of the molecule is Brc1cccc(CNCCC2CCCCO2)n1. The third-order valence-electron chi connectivity index (χ3n) is 3.00. The fraction of sp³-hybridized carbons (Fsp3) is 0.615. The maximum Gasteiger partial charge on any atom is 0.106 e. The average Bonchev–Trinajstić information content (AvgIpc) is 2.36. The van der Waals surface area contributed by atoms with Gasteiger partial charge < -0.3 is 10.1 Å². The van der Waals surface area contributed by atoms with E-state index in [4.69, 9.17) is 4.74 Å². The van der Waals surface area contributed by atoms with Crippen molar-refractivity contribution in [3.8, 4) is 0 Å². The van der Waals surface area contributed by atoms with Crippen LogP contribution in [-0.4, -0.2) is 24.2 Å². The first kappa shape index (κ1) is 13.0. The fourth-order valence-electron chi connectivity index (χ4n) is 2.06. The van der Waals surface area contributed by atoms with Crippen molar-refractivity contribution in [1.82, 2.24) is 10.3 Å². The highest BCUT2D eigenvalue weighted by atomic mass is 79.9. The van der Waals surface area contributed by atoms with Gasteiger partial charge in [-0.25, -0.2) is 4.98 Å². The van der Waals surface area contributed by atoms with E-state index in [1.54, 1.807) is 0 Å². The second-order valence-corrected chi connectivity index (χ2v) is 5.22. The Bertz CT molecular complexity index is 340. The Morgan fingerprint density at radius 1 is 1.41 bits per heavy atom. The molecule has 17 heavy (non-hydrogen) atoms. The number of aromatic nitrogens is 1. The van der Waals surface area contributed by atoms with Crippen LogP contribution >= 0.6 is 15.9 Å². The summed E-state index contributed by atoms with van der Waals surface area (Å²) in [5.41, 5.74) is 1.07. The van der Waals surface area contributed by atoms with Crippen molar-refractivity contribution < 1.29 is 4.74 Å². The number of halogens is 1. The molecule has 0 spiro atoms. The first-order valence-electron chi connectivity index (χ1n) is 6.28. The zero-order chi connectivity index (χ0) is 11.9. The molecule has 3 nitrogen and oxygen atoms in total. The predicted octanol–water partition coefficient (Wildman–Crippen LogP) is 2.89. The van der Waals surface area contributed by atoms with Gasteiger partial charge in [0.2, 0.25) is 0 Å². The summed E-state index contributed by atoms with van der Waals surface area (Å²) in [6, 6.07) is 5.99. The Morgan fingerprint density at radius 3 is 3.12 bits per heavy atom. The number of ether oxygens (including phenoxy) is 1. The van der Waals surface area contributed by atoms with Gasteiger partial charge in [-0.3, -0.25) is 0 Å². The van der Waals surface area contributed by atoms with E-state index in [2.05, 4.69) is 26.2 Å². The topological polar surface area (TPSA) is 34.1 Å². The first-order chi connectivity index (χ1) is 8.34. The van der Waals surface area contributed by atoms with Crippen molar-refractivity contribution in [3.05, 3.63) is 28.5 Å². The summed E-state index contributed by atoms with van der Waals surface area (Å²) in [6.45, 7) is 2.77. The van der Waals surface area contributed by atoms with Crippen LogP contribution in [0.3, 0.4) is 0 Å². The van der Waals surface area contributed by atoms with Crippen LogP contribution in [-0.2, 0) is 11.3 Å². The van der Waals surface area contributed by atoms with E-state index in [0.29, 0.717) is 6.10 Å². The van der Waals surface area contributed by atoms with E-state index in [0.717, 1.165) is 36.4 Å². The second-order valence-electron chi connectivity index (χ2n) is 4.41. The molecular formula is C13H19BrN2O. The molecule has 1 aromatic heterocycles. The molecule has 0 aliphatic carbocycles. The minimum atomic E-state index is 0.465. The molecule has 0 radical (unpaired) electrons. The smallest absolute Gasteiger partial charge is 0.106 e. The Labute approximate surface area is 111 Å². The molecule has 1 saturated heterocycles. The van der Waals surface area contributed by atoms with Gasteiger partial charge in [-0.15, -0.1) is 0 Å². The normalized spacial score (nSPS) is 20.4. The number of pyridine rings is 1. The highest BCUT2D eigenvalue weighted by Crippen LogP contribution is 2.14. The summed E-state index contributed by atoms with van der Waals surface area (Å²) in [4.78, 5) is 4.38. The zero-order valence-electron chi connectivity index (χ0n) is 9.99. The van der Waals surface area contributed by atoms with Crippen LogP contribution in [0.5, 0.6) is 0 Å². The fourth-order valence-corrected chi connectivity index (χ4v) is 2.44. The van der Waals surface area contributed by atoms with E-state index < -0.39 is 0 Å². The van der Waals surface area contributed by atoms with Crippen molar-refractivity contribution in [1.29, 1.82) is 0 Å². The number of nitrogens with one attached hydrogen (secondary N) is 1. The van der Waals surface area contributed by atoms with Crippen molar-refractivity contribution in [2.75, 3.05) is 13.2 Å². The summed E-state index contributed by atoms with van der Waals surface area (Å²) < 4.78 is 6.58. The molecule has 1 unspecified atom stereocenters. The third-order valence-corrected chi connectivity index (χ3v) is 3.44. The summed E-state index contributed by atoms with van der Waals surface area (Å²) in [7, 11) is 0. The van der Waals surface area contributed by atoms with Crippen LogP contribution in [0.2, 0.25) is 0 Å². The van der Waals surface area contributed by atoms with E-state index in [1.165, 1.54) is 19.3 Å². The second kappa shape index (κ2) is 7.09. The highest BCUT2D eigenvalue weighted by molar-refractivity contribution is 9.10. The van der Waals surface area contributed by atoms with Crippen molar-refractivity contribution in [2.24, 2.45) is 0 Å². The lowest BCUT2D eigenvalue weighted by Gasteiger charge is -2.22. The molecule has 2 rings (SSSR count). The lowest BCUT2D eigenvalue weighted by molar-refractivity contribution is 0.0115. The Balaban J connectivity index is 1.62. The van der Waals surface area contributed by atoms with Crippen LogP contribution in [0.1, 0.15) is 31.4 Å². The Hall–Kier alpha value is -0.450. The predicted molar refractivity (Wildman–Crippen MR) is 71.9 cm³/mol. The molecule has 94 valence electrons. The van der Waals surface area contributed by atoms with Crippen LogP contribution in [0.15, 0.2) is 22.8 Å². The van der Waals surface area contributed by atoms with Crippen LogP contribution in [0.4, 0.5) is 0 Å².